The Bertz CT molecular complexity index is 3130. The quantitative estimate of drug-likeness (QED) is 0.0753. The van der Waals surface area contributed by atoms with Crippen LogP contribution >= 0.6 is 23.5 Å². The van der Waals surface area contributed by atoms with Crippen LogP contribution in [-0.2, 0) is 31.2 Å². The molecule has 0 aliphatic carbocycles. The smallest absolute Gasteiger partial charge is 0.169 e. The number of rotatable bonds is 18. The maximum absolute atomic E-state index is 6.53. The zero-order valence-electron chi connectivity index (χ0n) is 40.2. The molecule has 0 saturated carbocycles. The molecule has 0 bridgehead atoms. The molecule has 14 nitrogen and oxygen atoms in total. The zero-order valence-corrected chi connectivity index (χ0v) is 41.8. The molecule has 0 atom stereocenters. The van der Waals surface area contributed by atoms with E-state index in [0.717, 1.165) is 128 Å². The van der Waals surface area contributed by atoms with Gasteiger partial charge in [-0.05, 0) is 72.7 Å². The number of hydrogen-bond donors (Lipinski definition) is 0. The molecule has 8 aromatic rings. The molecule has 2 aromatic carbocycles. The van der Waals surface area contributed by atoms with E-state index in [2.05, 4.69) is 9.13 Å². The van der Waals surface area contributed by atoms with Crippen molar-refractivity contribution in [1.82, 2.24) is 39.0 Å². The molecule has 6 aromatic heterocycles. The van der Waals surface area contributed by atoms with Gasteiger partial charge in [-0.3, -0.25) is 19.9 Å². The summed E-state index contributed by atoms with van der Waals surface area (Å²) >= 11 is 3.24. The summed E-state index contributed by atoms with van der Waals surface area (Å²) in [5.74, 6) is 5.84. The first-order valence-electron chi connectivity index (χ1n) is 21.8. The number of fused-ring (bicyclic) bond motifs is 2. The van der Waals surface area contributed by atoms with E-state index in [9.17, 15) is 0 Å². The Morgan fingerprint density at radius 2 is 0.925 bits per heavy atom. The van der Waals surface area contributed by atoms with Crippen LogP contribution in [0, 0.1) is 48.5 Å². The normalized spacial score (nSPS) is 11.4. The lowest BCUT2D eigenvalue weighted by atomic mass is 10.1. The highest BCUT2D eigenvalue weighted by Gasteiger charge is 2.21. The number of hydrogen-bond acceptors (Lipinski definition) is 14. The molecule has 0 radical (unpaired) electrons. The molecule has 67 heavy (non-hydrogen) atoms. The van der Waals surface area contributed by atoms with Gasteiger partial charge in [0.2, 0.25) is 0 Å². The van der Waals surface area contributed by atoms with Gasteiger partial charge in [0.15, 0.2) is 10.3 Å². The summed E-state index contributed by atoms with van der Waals surface area (Å²) in [6.07, 6.45) is 7.42. The summed E-state index contributed by atoms with van der Waals surface area (Å²) in [6.45, 7) is 15.4. The second kappa shape index (κ2) is 20.1. The molecule has 0 spiro atoms. The summed E-state index contributed by atoms with van der Waals surface area (Å²) in [6, 6.07) is 11.9. The second-order valence-corrected chi connectivity index (χ2v) is 18.2. The minimum atomic E-state index is 0.242. The monoisotopic (exact) mass is 940 g/mol. The van der Waals surface area contributed by atoms with Gasteiger partial charge in [-0.25, -0.2) is 9.97 Å². The molecular weight excluding hydrogens is 885 g/mol. The van der Waals surface area contributed by atoms with Crippen LogP contribution in [0.3, 0.4) is 0 Å². The Morgan fingerprint density at radius 1 is 0.463 bits per heavy atom. The number of nitrogens with zero attached hydrogens (tertiary/aromatic N) is 8. The fraction of sp³-hybridized carbons (Fsp3) is 0.333. The predicted molar refractivity (Wildman–Crippen MR) is 264 cm³/mol. The van der Waals surface area contributed by atoms with E-state index in [1.165, 1.54) is 0 Å². The van der Waals surface area contributed by atoms with Crippen molar-refractivity contribution in [3.63, 3.8) is 0 Å². The Labute approximate surface area is 399 Å². The van der Waals surface area contributed by atoms with Crippen molar-refractivity contribution in [3.05, 3.63) is 128 Å². The molecule has 0 amide bonds. The second-order valence-electron chi connectivity index (χ2n) is 16.4. The third-order valence-electron chi connectivity index (χ3n) is 12.2. The summed E-state index contributed by atoms with van der Waals surface area (Å²) in [5.41, 5.74) is 14.9. The first kappa shape index (κ1) is 47.0. The Balaban J connectivity index is 1.05. The SMILES string of the molecule is COc1ccc2c(c1)nc(SCc1ncc(COc3ccc4nc(SCc5ncc(C)c(OC)c5C)n(Cc5ncc(C)c(OC)c5C)c4c3)c(OC)c1C)n2Cc1ncc(C)c(OC)c1C. The predicted octanol–water partition coefficient (Wildman–Crippen LogP) is 10.4. The summed E-state index contributed by atoms with van der Waals surface area (Å²) in [5, 5.41) is 1.67. The Kier molecular flexibility index (Phi) is 14.1. The van der Waals surface area contributed by atoms with Crippen molar-refractivity contribution < 1.29 is 28.4 Å². The molecule has 0 saturated heterocycles. The molecule has 0 aliphatic heterocycles. The van der Waals surface area contributed by atoms with Gasteiger partial charge in [0.05, 0.1) is 93.5 Å². The fourth-order valence-electron chi connectivity index (χ4n) is 8.53. The van der Waals surface area contributed by atoms with Crippen LogP contribution in [0.4, 0.5) is 0 Å². The van der Waals surface area contributed by atoms with Crippen molar-refractivity contribution in [2.75, 3.05) is 35.5 Å². The van der Waals surface area contributed by atoms with Crippen LogP contribution in [0.25, 0.3) is 22.1 Å². The van der Waals surface area contributed by atoms with E-state index in [1.54, 1.807) is 59.1 Å². The van der Waals surface area contributed by atoms with Gasteiger partial charge in [0.25, 0.3) is 0 Å². The van der Waals surface area contributed by atoms with E-state index in [0.29, 0.717) is 30.3 Å². The van der Waals surface area contributed by atoms with Crippen LogP contribution in [0.2, 0.25) is 0 Å². The number of thioether (sulfide) groups is 2. The van der Waals surface area contributed by atoms with Crippen LogP contribution in [-0.4, -0.2) is 74.6 Å². The lowest BCUT2D eigenvalue weighted by molar-refractivity contribution is 0.295. The Morgan fingerprint density at radius 3 is 1.46 bits per heavy atom. The summed E-state index contributed by atoms with van der Waals surface area (Å²) < 4.78 is 39.7. The minimum absolute atomic E-state index is 0.242. The standard InChI is InChI=1S/C51H56N8O6S2/c1-28-19-52-40(31(4)46(28)61-9)23-58-44-16-14-36(60-8)17-39(44)57-51(58)67-27-43-34(7)49(64-12)35(22-55-43)25-65-37-13-15-38-45(18-37)59(24-41-32(5)47(62-10)29(2)20-53-41)50(56-38)66-26-42-33(6)48(63-11)30(3)21-54-42/h13-22H,23-27H2,1-12H3. The molecule has 0 N–H and O–H groups in total. The molecule has 0 aliphatic rings. The van der Waals surface area contributed by atoms with Gasteiger partial charge in [-0.1, -0.05) is 23.5 Å². The minimum Gasteiger partial charge on any atom is -0.497 e. The van der Waals surface area contributed by atoms with Gasteiger partial charge in [-0.2, -0.15) is 0 Å². The molecule has 0 unspecified atom stereocenters. The Hall–Kier alpha value is -6.52. The number of benzene rings is 2. The van der Waals surface area contributed by atoms with E-state index < -0.39 is 0 Å². The van der Waals surface area contributed by atoms with Crippen LogP contribution < -0.4 is 28.4 Å². The number of ether oxygens (including phenoxy) is 6. The lowest BCUT2D eigenvalue weighted by Crippen LogP contribution is -2.08. The van der Waals surface area contributed by atoms with Crippen molar-refractivity contribution in [1.29, 1.82) is 0 Å². The highest BCUT2D eigenvalue weighted by atomic mass is 32.2. The van der Waals surface area contributed by atoms with Crippen molar-refractivity contribution >= 4 is 45.6 Å². The van der Waals surface area contributed by atoms with Crippen molar-refractivity contribution in [2.45, 2.75) is 90.0 Å². The summed E-state index contributed by atoms with van der Waals surface area (Å²) in [7, 11) is 8.44. The highest BCUT2D eigenvalue weighted by molar-refractivity contribution is 7.98. The molecular formula is C51H56N8O6S2. The average Bonchev–Trinajstić information content (AvgIpc) is 3.85. The van der Waals surface area contributed by atoms with Gasteiger partial charge in [0, 0.05) is 92.9 Å². The van der Waals surface area contributed by atoms with E-state index in [-0.39, 0.29) is 6.61 Å². The molecule has 0 fully saturated rings. The maximum Gasteiger partial charge on any atom is 0.169 e. The average molecular weight is 941 g/mol. The largest absolute Gasteiger partial charge is 0.497 e. The first-order chi connectivity index (χ1) is 32.4. The van der Waals surface area contributed by atoms with Crippen LogP contribution in [0.1, 0.15) is 67.3 Å². The topological polar surface area (TPSA) is 143 Å². The van der Waals surface area contributed by atoms with E-state index in [1.807, 2.05) is 110 Å². The van der Waals surface area contributed by atoms with Crippen molar-refractivity contribution in [2.24, 2.45) is 0 Å². The van der Waals surface area contributed by atoms with Gasteiger partial charge < -0.3 is 37.6 Å². The zero-order chi connectivity index (χ0) is 47.5. The van der Waals surface area contributed by atoms with E-state index >= 15 is 0 Å². The maximum atomic E-state index is 6.53. The van der Waals surface area contributed by atoms with E-state index in [4.69, 9.17) is 58.3 Å². The van der Waals surface area contributed by atoms with Gasteiger partial charge in [0.1, 0.15) is 41.1 Å². The molecule has 16 heteroatoms. The number of pyridine rings is 4. The number of aromatic nitrogens is 8. The van der Waals surface area contributed by atoms with Gasteiger partial charge >= 0.3 is 0 Å². The molecule has 348 valence electrons. The fourth-order valence-corrected chi connectivity index (χ4v) is 10.6. The number of imidazole rings is 2. The molecule has 6 heterocycles. The highest BCUT2D eigenvalue weighted by Crippen LogP contribution is 2.37. The van der Waals surface area contributed by atoms with Crippen molar-refractivity contribution in [3.8, 4) is 34.5 Å². The summed E-state index contributed by atoms with van der Waals surface area (Å²) in [4.78, 5) is 29.5. The number of aryl methyl sites for hydroxylation is 3. The number of methoxy groups -OCH3 is 5. The van der Waals surface area contributed by atoms with Crippen LogP contribution in [0.15, 0.2) is 71.5 Å². The lowest BCUT2D eigenvalue weighted by Gasteiger charge is -2.16. The molecule has 8 rings (SSSR count). The van der Waals surface area contributed by atoms with Crippen LogP contribution in [0.5, 0.6) is 34.5 Å². The first-order valence-corrected chi connectivity index (χ1v) is 23.8. The van der Waals surface area contributed by atoms with Gasteiger partial charge in [-0.15, -0.1) is 0 Å². The third kappa shape index (κ3) is 9.41. The third-order valence-corrected chi connectivity index (χ3v) is 14.2.